The molecule has 1 saturated heterocycles. The van der Waals surface area contributed by atoms with Gasteiger partial charge in [0.2, 0.25) is 0 Å². The summed E-state index contributed by atoms with van der Waals surface area (Å²) in [4.78, 5) is 34.6. The second kappa shape index (κ2) is 14.1. The zero-order valence-electron chi connectivity index (χ0n) is 19.2. The van der Waals surface area contributed by atoms with Gasteiger partial charge in [-0.3, -0.25) is 4.79 Å². The van der Waals surface area contributed by atoms with Gasteiger partial charge in [-0.1, -0.05) is 0 Å². The van der Waals surface area contributed by atoms with Crippen molar-refractivity contribution in [1.82, 2.24) is 15.5 Å². The highest BCUT2D eigenvalue weighted by molar-refractivity contribution is 5.95. The molecule has 2 rings (SSSR count). The summed E-state index contributed by atoms with van der Waals surface area (Å²) in [5.41, 5.74) is 0.494. The quantitative estimate of drug-likeness (QED) is 0.471. The van der Waals surface area contributed by atoms with E-state index in [0.29, 0.717) is 55.9 Å². The highest BCUT2D eigenvalue weighted by Gasteiger charge is 2.38. The van der Waals surface area contributed by atoms with Gasteiger partial charge in [0, 0.05) is 43.9 Å². The smallest absolute Gasteiger partial charge is 0.490 e. The number of alkyl halides is 3. The zero-order valence-corrected chi connectivity index (χ0v) is 19.2. The maximum absolute atomic E-state index is 12.3. The van der Waals surface area contributed by atoms with E-state index in [-0.39, 0.29) is 12.0 Å². The summed E-state index contributed by atoms with van der Waals surface area (Å²) < 4.78 is 47.1. The standard InChI is InChI=1S/C19H29N3O5.C2HF3O2/c1-4-27-19(24)22-9-5-15(6-10-22)20-7-8-21-18(23)14-11-16(25-2)13-17(12-14)26-3;3-2(4,5)1(6)7/h11-13,15,20H,4-10H2,1-3H3,(H,21,23);(H,6,7). The van der Waals surface area contributed by atoms with Crippen LogP contribution in [0.3, 0.4) is 0 Å². The van der Waals surface area contributed by atoms with E-state index in [0.717, 1.165) is 12.8 Å². The Bertz CT molecular complexity index is 791. The number of amides is 2. The molecule has 3 N–H and O–H groups in total. The first-order valence-corrected chi connectivity index (χ1v) is 10.5. The number of likely N-dealkylation sites (tertiary alicyclic amines) is 1. The van der Waals surface area contributed by atoms with E-state index in [1.165, 1.54) is 0 Å². The van der Waals surface area contributed by atoms with Gasteiger partial charge in [0.05, 0.1) is 20.8 Å². The van der Waals surface area contributed by atoms with Gasteiger partial charge in [0.15, 0.2) is 0 Å². The lowest BCUT2D eigenvalue weighted by Crippen LogP contribution is -2.46. The molecule has 1 heterocycles. The molecule has 1 aliphatic heterocycles. The molecule has 34 heavy (non-hydrogen) atoms. The fourth-order valence-corrected chi connectivity index (χ4v) is 2.97. The Hall–Kier alpha value is -3.22. The van der Waals surface area contributed by atoms with Gasteiger partial charge in [0.1, 0.15) is 11.5 Å². The predicted octanol–water partition coefficient (Wildman–Crippen LogP) is 2.28. The van der Waals surface area contributed by atoms with E-state index in [1.54, 1.807) is 37.3 Å². The van der Waals surface area contributed by atoms with Crippen LogP contribution >= 0.6 is 0 Å². The third-order valence-corrected chi connectivity index (χ3v) is 4.72. The van der Waals surface area contributed by atoms with E-state index >= 15 is 0 Å². The molecule has 0 saturated carbocycles. The SMILES string of the molecule is CCOC(=O)N1CCC(NCCNC(=O)c2cc(OC)cc(OC)c2)CC1.O=C(O)C(F)(F)F. The highest BCUT2D eigenvalue weighted by Crippen LogP contribution is 2.22. The maximum atomic E-state index is 12.3. The molecular formula is C21H30F3N3O7. The predicted molar refractivity (Wildman–Crippen MR) is 115 cm³/mol. The highest BCUT2D eigenvalue weighted by atomic mass is 19.4. The molecule has 0 aliphatic carbocycles. The Morgan fingerprint density at radius 2 is 1.59 bits per heavy atom. The van der Waals surface area contributed by atoms with E-state index in [1.807, 2.05) is 6.92 Å². The summed E-state index contributed by atoms with van der Waals surface area (Å²) in [6, 6.07) is 5.41. The average Bonchev–Trinajstić information content (AvgIpc) is 2.81. The topological polar surface area (TPSA) is 126 Å². The largest absolute Gasteiger partial charge is 0.497 e. The number of aliphatic carboxylic acids is 1. The fraction of sp³-hybridized carbons (Fsp3) is 0.571. The second-order valence-corrected chi connectivity index (χ2v) is 7.07. The number of halogens is 3. The summed E-state index contributed by atoms with van der Waals surface area (Å²) in [6.45, 7) is 4.75. The molecule has 0 unspecified atom stereocenters. The number of carbonyl (C=O) groups excluding carboxylic acids is 2. The Kier molecular flexibility index (Phi) is 12.0. The first-order chi connectivity index (χ1) is 16.0. The molecule has 1 fully saturated rings. The summed E-state index contributed by atoms with van der Waals surface area (Å²) in [5, 5.41) is 13.4. The van der Waals surface area contributed by atoms with Crippen LogP contribution in [0.5, 0.6) is 11.5 Å². The van der Waals surface area contributed by atoms with Crippen LogP contribution in [0.4, 0.5) is 18.0 Å². The number of hydrogen-bond acceptors (Lipinski definition) is 7. The van der Waals surface area contributed by atoms with Gasteiger partial charge < -0.3 is 34.9 Å². The summed E-state index contributed by atoms with van der Waals surface area (Å²) >= 11 is 0. The average molecular weight is 493 g/mol. The fourth-order valence-electron chi connectivity index (χ4n) is 2.97. The molecule has 0 bridgehead atoms. The second-order valence-electron chi connectivity index (χ2n) is 7.07. The van der Waals surface area contributed by atoms with Crippen LogP contribution in [-0.2, 0) is 9.53 Å². The number of ether oxygens (including phenoxy) is 3. The monoisotopic (exact) mass is 493 g/mol. The van der Waals surface area contributed by atoms with Gasteiger partial charge in [-0.05, 0) is 31.9 Å². The number of hydrogen-bond donors (Lipinski definition) is 3. The van der Waals surface area contributed by atoms with Gasteiger partial charge in [-0.2, -0.15) is 13.2 Å². The van der Waals surface area contributed by atoms with Crippen molar-refractivity contribution in [2.24, 2.45) is 0 Å². The number of methoxy groups -OCH3 is 2. The first kappa shape index (κ1) is 28.8. The molecule has 0 aromatic heterocycles. The minimum absolute atomic E-state index is 0.175. The molecule has 1 aromatic carbocycles. The molecule has 2 amide bonds. The van der Waals surface area contributed by atoms with Crippen molar-refractivity contribution < 1.29 is 46.9 Å². The molecule has 0 atom stereocenters. The van der Waals surface area contributed by atoms with Crippen molar-refractivity contribution in [3.8, 4) is 11.5 Å². The zero-order chi connectivity index (χ0) is 25.7. The van der Waals surface area contributed by atoms with Crippen LogP contribution < -0.4 is 20.1 Å². The van der Waals surface area contributed by atoms with Crippen molar-refractivity contribution in [2.75, 3.05) is 47.0 Å². The van der Waals surface area contributed by atoms with E-state index < -0.39 is 12.1 Å². The maximum Gasteiger partial charge on any atom is 0.490 e. The molecule has 13 heteroatoms. The lowest BCUT2D eigenvalue weighted by molar-refractivity contribution is -0.192. The third-order valence-electron chi connectivity index (χ3n) is 4.72. The number of nitrogens with one attached hydrogen (secondary N) is 2. The van der Waals surface area contributed by atoms with Crippen LogP contribution in [0.15, 0.2) is 18.2 Å². The van der Waals surface area contributed by atoms with Crippen molar-refractivity contribution in [1.29, 1.82) is 0 Å². The minimum Gasteiger partial charge on any atom is -0.497 e. The number of piperidine rings is 1. The normalized spacial score (nSPS) is 13.9. The Morgan fingerprint density at radius 1 is 1.06 bits per heavy atom. The molecule has 0 radical (unpaired) electrons. The lowest BCUT2D eigenvalue weighted by Gasteiger charge is -2.31. The summed E-state index contributed by atoms with van der Waals surface area (Å²) in [5.74, 6) is -1.78. The Balaban J connectivity index is 0.000000718. The first-order valence-electron chi connectivity index (χ1n) is 10.5. The minimum atomic E-state index is -5.08. The van der Waals surface area contributed by atoms with Crippen LogP contribution in [0, 0.1) is 0 Å². The molecule has 1 aliphatic rings. The summed E-state index contributed by atoms with van der Waals surface area (Å²) in [7, 11) is 3.10. The molecule has 0 spiro atoms. The molecule has 10 nitrogen and oxygen atoms in total. The number of carboxylic acid groups (broad SMARTS) is 1. The van der Waals surface area contributed by atoms with Gasteiger partial charge >= 0.3 is 18.2 Å². The van der Waals surface area contributed by atoms with Crippen molar-refractivity contribution in [3.05, 3.63) is 23.8 Å². The van der Waals surface area contributed by atoms with Crippen LogP contribution in [0.1, 0.15) is 30.1 Å². The van der Waals surface area contributed by atoms with Crippen molar-refractivity contribution >= 4 is 18.0 Å². The number of nitrogens with zero attached hydrogens (tertiary/aromatic N) is 1. The number of carbonyl (C=O) groups is 3. The number of rotatable bonds is 8. The van der Waals surface area contributed by atoms with Gasteiger partial charge in [-0.15, -0.1) is 0 Å². The number of benzene rings is 1. The van der Waals surface area contributed by atoms with Crippen LogP contribution in [0.2, 0.25) is 0 Å². The summed E-state index contributed by atoms with van der Waals surface area (Å²) in [6.07, 6.45) is -3.57. The van der Waals surface area contributed by atoms with Crippen LogP contribution in [0.25, 0.3) is 0 Å². The van der Waals surface area contributed by atoms with E-state index in [9.17, 15) is 22.8 Å². The van der Waals surface area contributed by atoms with Crippen molar-refractivity contribution in [3.63, 3.8) is 0 Å². The lowest BCUT2D eigenvalue weighted by atomic mass is 10.1. The van der Waals surface area contributed by atoms with Gasteiger partial charge in [0.25, 0.3) is 5.91 Å². The van der Waals surface area contributed by atoms with E-state index in [2.05, 4.69) is 10.6 Å². The van der Waals surface area contributed by atoms with Crippen molar-refractivity contribution in [2.45, 2.75) is 32.0 Å². The molecular weight excluding hydrogens is 463 g/mol. The third kappa shape index (κ3) is 10.1. The molecule has 192 valence electrons. The Morgan fingerprint density at radius 3 is 2.03 bits per heavy atom. The number of carboxylic acids is 1. The van der Waals surface area contributed by atoms with Crippen LogP contribution in [-0.4, -0.2) is 87.2 Å². The van der Waals surface area contributed by atoms with Gasteiger partial charge in [-0.25, -0.2) is 9.59 Å². The van der Waals surface area contributed by atoms with E-state index in [4.69, 9.17) is 24.1 Å². The molecule has 1 aromatic rings. The Labute approximate surface area is 195 Å².